The molecule has 6 heteroatoms. The lowest BCUT2D eigenvalue weighted by Crippen LogP contribution is -2.23. The monoisotopic (exact) mass is 338 g/mol. The van der Waals surface area contributed by atoms with Crippen LogP contribution in [-0.2, 0) is 11.3 Å². The molecular weight excluding hydrogens is 319 g/mol. The van der Waals surface area contributed by atoms with Gasteiger partial charge in [0.15, 0.2) is 6.23 Å². The lowest BCUT2D eigenvalue weighted by atomic mass is 10.1. The molecule has 3 aromatic rings. The highest BCUT2D eigenvalue weighted by molar-refractivity contribution is 5.48. The predicted octanol–water partition coefficient (Wildman–Crippen LogP) is 3.31. The summed E-state index contributed by atoms with van der Waals surface area (Å²) >= 11 is 0. The van der Waals surface area contributed by atoms with Crippen LogP contribution in [0.5, 0.6) is 0 Å². The Labute approximate surface area is 145 Å². The number of anilines is 1. The van der Waals surface area contributed by atoms with Crippen LogP contribution in [0.2, 0.25) is 0 Å². The Kier molecular flexibility index (Phi) is 4.19. The minimum Gasteiger partial charge on any atom is -0.350 e. The van der Waals surface area contributed by atoms with Crippen LogP contribution in [0.15, 0.2) is 54.7 Å². The Morgan fingerprint density at radius 1 is 1.16 bits per heavy atom. The van der Waals surface area contributed by atoms with Crippen molar-refractivity contribution >= 4 is 5.69 Å². The molecule has 0 radical (unpaired) electrons. The van der Waals surface area contributed by atoms with E-state index in [1.807, 2.05) is 23.0 Å². The van der Waals surface area contributed by atoms with Crippen molar-refractivity contribution in [2.45, 2.75) is 19.7 Å². The minimum atomic E-state index is -0.295. The molecule has 1 aliphatic rings. The van der Waals surface area contributed by atoms with Gasteiger partial charge in [0.05, 0.1) is 19.3 Å². The van der Waals surface area contributed by atoms with Crippen LogP contribution in [0.3, 0.4) is 0 Å². The van der Waals surface area contributed by atoms with Gasteiger partial charge in [-0.05, 0) is 42.3 Å². The molecule has 0 bridgehead atoms. The topological polar surface area (TPSA) is 43.2 Å². The van der Waals surface area contributed by atoms with Crippen molar-refractivity contribution in [2.24, 2.45) is 0 Å². The summed E-state index contributed by atoms with van der Waals surface area (Å²) in [7, 11) is 0. The van der Waals surface area contributed by atoms with Crippen LogP contribution < -0.4 is 4.90 Å². The fourth-order valence-corrected chi connectivity index (χ4v) is 3.08. The highest BCUT2D eigenvalue weighted by Gasteiger charge is 2.29. The van der Waals surface area contributed by atoms with Crippen molar-refractivity contribution < 1.29 is 9.13 Å². The minimum absolute atomic E-state index is 0.246. The van der Waals surface area contributed by atoms with E-state index in [-0.39, 0.29) is 12.0 Å². The molecule has 0 N–H and O–H groups in total. The Bertz CT molecular complexity index is 862. The second kappa shape index (κ2) is 6.64. The Hall–Kier alpha value is -2.73. The molecular formula is C19H19FN4O. The van der Waals surface area contributed by atoms with Gasteiger partial charge in [-0.3, -0.25) is 0 Å². The number of benzene rings is 2. The maximum atomic E-state index is 13.2. The summed E-state index contributed by atoms with van der Waals surface area (Å²) in [5.74, 6) is -0.246. The molecule has 0 spiro atoms. The molecule has 2 heterocycles. The molecule has 1 aromatic heterocycles. The number of halogens is 1. The van der Waals surface area contributed by atoms with E-state index in [2.05, 4.69) is 34.3 Å². The summed E-state index contributed by atoms with van der Waals surface area (Å²) in [5, 5.41) is 8.53. The van der Waals surface area contributed by atoms with Crippen LogP contribution in [0.4, 0.5) is 10.1 Å². The van der Waals surface area contributed by atoms with Gasteiger partial charge in [-0.2, -0.15) is 0 Å². The lowest BCUT2D eigenvalue weighted by Gasteiger charge is -2.23. The number of hydrogen-bond acceptors (Lipinski definition) is 4. The van der Waals surface area contributed by atoms with Gasteiger partial charge in [0, 0.05) is 12.2 Å². The third-order valence-corrected chi connectivity index (χ3v) is 4.45. The molecule has 25 heavy (non-hydrogen) atoms. The zero-order valence-corrected chi connectivity index (χ0v) is 14.0. The number of aromatic nitrogens is 3. The molecule has 1 saturated heterocycles. The fourth-order valence-electron chi connectivity index (χ4n) is 3.08. The number of ether oxygens (including phenoxy) is 1. The number of nitrogens with zero attached hydrogens (tertiary/aromatic N) is 4. The molecule has 0 saturated carbocycles. The molecule has 1 aliphatic heterocycles. The normalized spacial score (nSPS) is 17.2. The summed E-state index contributed by atoms with van der Waals surface area (Å²) < 4.78 is 20.8. The molecule has 5 nitrogen and oxygen atoms in total. The van der Waals surface area contributed by atoms with Gasteiger partial charge in [0.1, 0.15) is 11.5 Å². The molecule has 0 amide bonds. The van der Waals surface area contributed by atoms with Crippen LogP contribution >= 0.6 is 0 Å². The first-order chi connectivity index (χ1) is 12.2. The zero-order valence-electron chi connectivity index (χ0n) is 14.0. The van der Waals surface area contributed by atoms with Gasteiger partial charge in [0.2, 0.25) is 0 Å². The second-order valence-electron chi connectivity index (χ2n) is 6.16. The van der Waals surface area contributed by atoms with E-state index >= 15 is 0 Å². The van der Waals surface area contributed by atoms with E-state index in [9.17, 15) is 4.39 Å². The SMILES string of the molecule is Cc1ccccc1Cn1cc(C2OCCN2c2ccc(F)cc2)nn1. The van der Waals surface area contributed by atoms with Gasteiger partial charge >= 0.3 is 0 Å². The molecule has 1 unspecified atom stereocenters. The number of rotatable bonds is 4. The van der Waals surface area contributed by atoms with Crippen molar-refractivity contribution in [1.29, 1.82) is 0 Å². The maximum absolute atomic E-state index is 13.2. The van der Waals surface area contributed by atoms with Gasteiger partial charge in [-0.15, -0.1) is 5.10 Å². The van der Waals surface area contributed by atoms with E-state index in [1.54, 1.807) is 12.1 Å². The van der Waals surface area contributed by atoms with E-state index in [0.717, 1.165) is 17.9 Å². The zero-order chi connectivity index (χ0) is 17.2. The Morgan fingerprint density at radius 2 is 1.96 bits per heavy atom. The standard InChI is InChI=1S/C19H19FN4O/c1-14-4-2-3-5-15(14)12-23-13-18(21-22-23)19-24(10-11-25-19)17-8-6-16(20)7-9-17/h2-9,13,19H,10-12H2,1H3. The maximum Gasteiger partial charge on any atom is 0.177 e. The van der Waals surface area contributed by atoms with Crippen molar-refractivity contribution in [3.63, 3.8) is 0 Å². The van der Waals surface area contributed by atoms with Gasteiger partial charge in [0.25, 0.3) is 0 Å². The van der Waals surface area contributed by atoms with Crippen molar-refractivity contribution in [1.82, 2.24) is 15.0 Å². The van der Waals surface area contributed by atoms with Crippen molar-refractivity contribution in [3.05, 3.63) is 77.4 Å². The van der Waals surface area contributed by atoms with Crippen LogP contribution in [0, 0.1) is 12.7 Å². The molecule has 2 aromatic carbocycles. The van der Waals surface area contributed by atoms with Gasteiger partial charge in [-0.1, -0.05) is 29.5 Å². The van der Waals surface area contributed by atoms with Crippen LogP contribution in [0.1, 0.15) is 23.0 Å². The molecule has 0 aliphatic carbocycles. The summed E-state index contributed by atoms with van der Waals surface area (Å²) in [6, 6.07) is 14.7. The second-order valence-corrected chi connectivity index (χ2v) is 6.16. The lowest BCUT2D eigenvalue weighted by molar-refractivity contribution is 0.110. The summed E-state index contributed by atoms with van der Waals surface area (Å²) in [6.07, 6.45) is 1.62. The smallest absolute Gasteiger partial charge is 0.177 e. The summed E-state index contributed by atoms with van der Waals surface area (Å²) in [6.45, 7) is 4.10. The van der Waals surface area contributed by atoms with Gasteiger partial charge in [-0.25, -0.2) is 9.07 Å². The van der Waals surface area contributed by atoms with Crippen molar-refractivity contribution in [2.75, 3.05) is 18.1 Å². The van der Waals surface area contributed by atoms with Crippen molar-refractivity contribution in [3.8, 4) is 0 Å². The average molecular weight is 338 g/mol. The third-order valence-electron chi connectivity index (χ3n) is 4.45. The fraction of sp³-hybridized carbons (Fsp3) is 0.263. The highest BCUT2D eigenvalue weighted by Crippen LogP contribution is 2.31. The number of aryl methyl sites for hydroxylation is 1. The highest BCUT2D eigenvalue weighted by atomic mass is 19.1. The molecule has 4 rings (SSSR count). The quantitative estimate of drug-likeness (QED) is 0.732. The third kappa shape index (κ3) is 3.25. The first kappa shape index (κ1) is 15.8. The molecule has 128 valence electrons. The Balaban J connectivity index is 1.54. The predicted molar refractivity (Wildman–Crippen MR) is 92.7 cm³/mol. The first-order valence-corrected chi connectivity index (χ1v) is 8.29. The van der Waals surface area contributed by atoms with Crippen LogP contribution in [0.25, 0.3) is 0 Å². The first-order valence-electron chi connectivity index (χ1n) is 8.29. The van der Waals surface area contributed by atoms with E-state index in [0.29, 0.717) is 13.2 Å². The van der Waals surface area contributed by atoms with E-state index < -0.39 is 0 Å². The summed E-state index contributed by atoms with van der Waals surface area (Å²) in [4.78, 5) is 2.07. The number of hydrogen-bond donors (Lipinski definition) is 0. The Morgan fingerprint density at radius 3 is 2.76 bits per heavy atom. The van der Waals surface area contributed by atoms with Gasteiger partial charge < -0.3 is 9.64 Å². The van der Waals surface area contributed by atoms with E-state index in [4.69, 9.17) is 4.74 Å². The molecule has 1 atom stereocenters. The molecule has 1 fully saturated rings. The largest absolute Gasteiger partial charge is 0.350 e. The van der Waals surface area contributed by atoms with Crippen LogP contribution in [-0.4, -0.2) is 28.1 Å². The van der Waals surface area contributed by atoms with E-state index in [1.165, 1.54) is 23.3 Å². The average Bonchev–Trinajstić information content (AvgIpc) is 3.27. The summed E-state index contributed by atoms with van der Waals surface area (Å²) in [5.41, 5.74) is 4.11.